The minimum atomic E-state index is -0.183. The molecule has 1 aromatic heterocycles. The van der Waals surface area contributed by atoms with Gasteiger partial charge in [0, 0.05) is 0 Å². The summed E-state index contributed by atoms with van der Waals surface area (Å²) in [6.07, 6.45) is 0.889. The topological polar surface area (TPSA) is 30.2 Å². The van der Waals surface area contributed by atoms with E-state index in [4.69, 9.17) is 16.0 Å². The normalized spacial score (nSPS) is 13.3. The van der Waals surface area contributed by atoms with Gasteiger partial charge in [-0.15, -0.1) is 0 Å². The molecule has 1 heterocycles. The zero-order valence-electron chi connectivity index (χ0n) is 7.08. The van der Waals surface area contributed by atoms with Crippen LogP contribution in [0.3, 0.4) is 0 Å². The molecule has 0 spiro atoms. The van der Waals surface area contributed by atoms with Crippen molar-refractivity contribution >= 4 is 17.9 Å². The Morgan fingerprint density at radius 2 is 2.17 bits per heavy atom. The highest BCUT2D eigenvalue weighted by molar-refractivity contribution is 6.28. The smallest absolute Gasteiger partial charge is 0.193 e. The van der Waals surface area contributed by atoms with Gasteiger partial charge in [0.05, 0.1) is 5.92 Å². The molecule has 12 heavy (non-hydrogen) atoms. The number of furan rings is 1. The molecule has 1 aromatic rings. The lowest BCUT2D eigenvalue weighted by atomic mass is 9.95. The fourth-order valence-corrected chi connectivity index (χ4v) is 1.21. The summed E-state index contributed by atoms with van der Waals surface area (Å²) in [5.41, 5.74) is 0. The number of carbonyl (C=O) groups is 1. The van der Waals surface area contributed by atoms with Crippen molar-refractivity contribution in [2.45, 2.75) is 19.8 Å². The predicted molar refractivity (Wildman–Crippen MR) is 47.4 cm³/mol. The molecule has 0 N–H and O–H groups in total. The second kappa shape index (κ2) is 3.76. The number of halogens is 1. The van der Waals surface area contributed by atoms with Gasteiger partial charge in [-0.25, -0.2) is 0 Å². The summed E-state index contributed by atoms with van der Waals surface area (Å²) in [5.74, 6) is 0.701. The van der Waals surface area contributed by atoms with Crippen LogP contribution in [-0.4, -0.2) is 6.29 Å². The van der Waals surface area contributed by atoms with E-state index in [0.717, 1.165) is 6.29 Å². The monoisotopic (exact) mass is 186 g/mol. The van der Waals surface area contributed by atoms with Crippen molar-refractivity contribution in [1.82, 2.24) is 0 Å². The van der Waals surface area contributed by atoms with E-state index in [-0.39, 0.29) is 11.8 Å². The summed E-state index contributed by atoms with van der Waals surface area (Å²) in [6.45, 7) is 3.94. The lowest BCUT2D eigenvalue weighted by molar-refractivity contribution is -0.110. The van der Waals surface area contributed by atoms with Crippen molar-refractivity contribution in [3.05, 3.63) is 23.1 Å². The molecule has 0 aliphatic rings. The van der Waals surface area contributed by atoms with E-state index in [1.807, 2.05) is 13.8 Å². The van der Waals surface area contributed by atoms with Crippen molar-refractivity contribution < 1.29 is 9.21 Å². The Morgan fingerprint density at radius 1 is 1.50 bits per heavy atom. The Kier molecular flexibility index (Phi) is 2.93. The minimum absolute atomic E-state index is 0.183. The molecule has 0 saturated carbocycles. The maximum atomic E-state index is 10.7. The van der Waals surface area contributed by atoms with E-state index in [1.54, 1.807) is 12.1 Å². The van der Waals surface area contributed by atoms with Crippen LogP contribution >= 0.6 is 11.6 Å². The Labute approximate surface area is 76.5 Å². The zero-order valence-corrected chi connectivity index (χ0v) is 7.84. The van der Waals surface area contributed by atoms with Gasteiger partial charge in [-0.3, -0.25) is 0 Å². The first kappa shape index (κ1) is 9.33. The van der Waals surface area contributed by atoms with Crippen LogP contribution in [0.2, 0.25) is 5.22 Å². The SMILES string of the molecule is CC(C)C(C=O)c1ccc(Cl)o1. The summed E-state index contributed by atoms with van der Waals surface area (Å²) in [7, 11) is 0. The fourth-order valence-electron chi connectivity index (χ4n) is 1.06. The van der Waals surface area contributed by atoms with Crippen molar-refractivity contribution in [3.8, 4) is 0 Å². The first-order valence-electron chi connectivity index (χ1n) is 3.85. The molecule has 0 radical (unpaired) electrons. The lowest BCUT2D eigenvalue weighted by Gasteiger charge is -2.09. The summed E-state index contributed by atoms with van der Waals surface area (Å²) < 4.78 is 5.13. The lowest BCUT2D eigenvalue weighted by Crippen LogP contribution is -2.06. The second-order valence-corrected chi connectivity index (χ2v) is 3.42. The number of hydrogen-bond acceptors (Lipinski definition) is 2. The average Bonchev–Trinajstić information content (AvgIpc) is 2.37. The molecule has 0 saturated heterocycles. The van der Waals surface area contributed by atoms with Gasteiger partial charge < -0.3 is 9.21 Å². The van der Waals surface area contributed by atoms with Gasteiger partial charge in [-0.1, -0.05) is 13.8 Å². The quantitative estimate of drug-likeness (QED) is 0.680. The molecule has 0 aliphatic heterocycles. The number of hydrogen-bond donors (Lipinski definition) is 0. The molecule has 0 amide bonds. The molecule has 0 bridgehead atoms. The Bertz CT molecular complexity index is 265. The van der Waals surface area contributed by atoms with E-state index in [9.17, 15) is 4.79 Å². The minimum Gasteiger partial charge on any atom is -0.449 e. The van der Waals surface area contributed by atoms with Gasteiger partial charge in [0.1, 0.15) is 12.0 Å². The number of aldehydes is 1. The summed E-state index contributed by atoms with van der Waals surface area (Å²) in [5, 5.41) is 0.331. The molecular weight excluding hydrogens is 176 g/mol. The fraction of sp³-hybridized carbons (Fsp3) is 0.444. The van der Waals surface area contributed by atoms with Crippen LogP contribution in [0.25, 0.3) is 0 Å². The third-order valence-corrected chi connectivity index (χ3v) is 1.99. The molecule has 1 unspecified atom stereocenters. The summed E-state index contributed by atoms with van der Waals surface area (Å²) in [6, 6.07) is 3.39. The molecule has 0 aliphatic carbocycles. The highest BCUT2D eigenvalue weighted by Gasteiger charge is 2.17. The Hall–Kier alpha value is -0.760. The van der Waals surface area contributed by atoms with Crippen LogP contribution in [0.4, 0.5) is 0 Å². The van der Waals surface area contributed by atoms with Crippen LogP contribution in [0.5, 0.6) is 0 Å². The molecule has 0 aromatic carbocycles. The van der Waals surface area contributed by atoms with E-state index >= 15 is 0 Å². The zero-order chi connectivity index (χ0) is 9.14. The Balaban J connectivity index is 2.87. The van der Waals surface area contributed by atoms with Crippen molar-refractivity contribution in [3.63, 3.8) is 0 Å². The molecule has 2 nitrogen and oxygen atoms in total. The number of carbonyl (C=O) groups excluding carboxylic acids is 1. The standard InChI is InChI=1S/C9H11ClO2/c1-6(2)7(5-11)8-3-4-9(10)12-8/h3-7H,1-2H3. The van der Waals surface area contributed by atoms with Crippen LogP contribution in [0.1, 0.15) is 25.5 Å². The molecule has 3 heteroatoms. The summed E-state index contributed by atoms with van der Waals surface area (Å²) in [4.78, 5) is 10.7. The highest BCUT2D eigenvalue weighted by atomic mass is 35.5. The van der Waals surface area contributed by atoms with Gasteiger partial charge in [-0.2, -0.15) is 0 Å². The van der Waals surface area contributed by atoms with Crippen LogP contribution < -0.4 is 0 Å². The largest absolute Gasteiger partial charge is 0.449 e. The maximum absolute atomic E-state index is 10.7. The third-order valence-electron chi connectivity index (χ3n) is 1.79. The van der Waals surface area contributed by atoms with E-state index in [1.165, 1.54) is 0 Å². The van der Waals surface area contributed by atoms with Crippen molar-refractivity contribution in [2.75, 3.05) is 0 Å². The second-order valence-electron chi connectivity index (χ2n) is 3.05. The highest BCUT2D eigenvalue weighted by Crippen LogP contribution is 2.25. The number of rotatable bonds is 3. The van der Waals surface area contributed by atoms with Gasteiger partial charge in [-0.05, 0) is 29.7 Å². The molecular formula is C9H11ClO2. The maximum Gasteiger partial charge on any atom is 0.193 e. The molecule has 1 rings (SSSR count). The first-order valence-corrected chi connectivity index (χ1v) is 4.23. The van der Waals surface area contributed by atoms with Gasteiger partial charge in [0.15, 0.2) is 5.22 Å². The third kappa shape index (κ3) is 1.89. The van der Waals surface area contributed by atoms with E-state index < -0.39 is 0 Å². The molecule has 0 fully saturated rings. The van der Waals surface area contributed by atoms with Crippen LogP contribution in [0.15, 0.2) is 16.5 Å². The van der Waals surface area contributed by atoms with Crippen LogP contribution in [-0.2, 0) is 4.79 Å². The van der Waals surface area contributed by atoms with Crippen molar-refractivity contribution in [1.29, 1.82) is 0 Å². The summed E-state index contributed by atoms with van der Waals surface area (Å²) >= 11 is 5.58. The first-order chi connectivity index (χ1) is 5.65. The molecule has 1 atom stereocenters. The van der Waals surface area contributed by atoms with Crippen LogP contribution in [0, 0.1) is 5.92 Å². The van der Waals surface area contributed by atoms with Gasteiger partial charge in [0.2, 0.25) is 0 Å². The van der Waals surface area contributed by atoms with Gasteiger partial charge >= 0.3 is 0 Å². The van der Waals surface area contributed by atoms with Crippen molar-refractivity contribution in [2.24, 2.45) is 5.92 Å². The van der Waals surface area contributed by atoms with E-state index in [0.29, 0.717) is 11.0 Å². The van der Waals surface area contributed by atoms with E-state index in [2.05, 4.69) is 0 Å². The average molecular weight is 187 g/mol. The molecule has 66 valence electrons. The Morgan fingerprint density at radius 3 is 2.50 bits per heavy atom. The predicted octanol–water partition coefficient (Wildman–Crippen LogP) is 2.87. The van der Waals surface area contributed by atoms with Gasteiger partial charge in [0.25, 0.3) is 0 Å².